The summed E-state index contributed by atoms with van der Waals surface area (Å²) >= 11 is 3.29. The van der Waals surface area contributed by atoms with Gasteiger partial charge in [0, 0.05) is 12.1 Å². The van der Waals surface area contributed by atoms with Gasteiger partial charge in [0.1, 0.15) is 11.4 Å². The predicted octanol–water partition coefficient (Wildman–Crippen LogP) is 7.29. The van der Waals surface area contributed by atoms with E-state index in [0.29, 0.717) is 17.6 Å². The zero-order valence-electron chi connectivity index (χ0n) is 18.6. The average Bonchev–Trinajstić information content (AvgIpc) is 3.56. The molecule has 0 saturated carbocycles. The number of carbonyl (C=O) groups is 1. The standard InChI is InChI=1S/C27H25N3OS2/c1-3-5-9-19(8-4-2)14-15-28-27(31)20-12-13-21-22(18-20)30-26(24-11-7-17-33-24)25(29-21)23-10-6-16-32-23/h3-13,16-18H,14-15H2,1-2H3,(H,28,31). The van der Waals surface area contributed by atoms with Crippen molar-refractivity contribution in [2.45, 2.75) is 20.3 Å². The molecular formula is C27H25N3OS2. The van der Waals surface area contributed by atoms with Crippen LogP contribution in [0.1, 0.15) is 30.6 Å². The zero-order chi connectivity index (χ0) is 23.0. The lowest BCUT2D eigenvalue weighted by atomic mass is 10.1. The third kappa shape index (κ3) is 5.53. The molecule has 0 aliphatic carbocycles. The smallest absolute Gasteiger partial charge is 0.251 e. The maximum Gasteiger partial charge on any atom is 0.251 e. The molecule has 0 bridgehead atoms. The molecule has 0 aliphatic rings. The summed E-state index contributed by atoms with van der Waals surface area (Å²) in [5.41, 5.74) is 4.97. The SMILES string of the molecule is CC=CC=C(C=CC)CCNC(=O)c1ccc2nc(-c3cccs3)c(-c3cccs3)nc2c1. The van der Waals surface area contributed by atoms with Gasteiger partial charge in [0.2, 0.25) is 0 Å². The van der Waals surface area contributed by atoms with Crippen LogP contribution < -0.4 is 5.32 Å². The van der Waals surface area contributed by atoms with E-state index in [4.69, 9.17) is 9.97 Å². The van der Waals surface area contributed by atoms with Gasteiger partial charge in [-0.3, -0.25) is 4.79 Å². The molecule has 0 spiro atoms. The summed E-state index contributed by atoms with van der Waals surface area (Å²) in [7, 11) is 0. The second kappa shape index (κ2) is 11.0. The van der Waals surface area contributed by atoms with Gasteiger partial charge >= 0.3 is 0 Å². The average molecular weight is 472 g/mol. The third-order valence-electron chi connectivity index (χ3n) is 5.02. The number of hydrogen-bond acceptors (Lipinski definition) is 5. The molecule has 6 heteroatoms. The zero-order valence-corrected chi connectivity index (χ0v) is 20.2. The normalized spacial score (nSPS) is 12.2. The van der Waals surface area contributed by atoms with Crippen molar-refractivity contribution in [2.75, 3.05) is 6.54 Å². The van der Waals surface area contributed by atoms with Crippen LogP contribution in [0.5, 0.6) is 0 Å². The Hall–Kier alpha value is -3.35. The van der Waals surface area contributed by atoms with Crippen molar-refractivity contribution < 1.29 is 4.79 Å². The number of aromatic nitrogens is 2. The largest absolute Gasteiger partial charge is 0.352 e. The van der Waals surface area contributed by atoms with Crippen LogP contribution in [0.2, 0.25) is 0 Å². The molecule has 1 aromatic carbocycles. The second-order valence-corrected chi connectivity index (χ2v) is 9.25. The van der Waals surface area contributed by atoms with Gasteiger partial charge < -0.3 is 5.32 Å². The number of nitrogens with zero attached hydrogens (tertiary/aromatic N) is 2. The van der Waals surface area contributed by atoms with Gasteiger partial charge in [-0.1, -0.05) is 42.5 Å². The number of thiophene rings is 2. The minimum absolute atomic E-state index is 0.107. The predicted molar refractivity (Wildman–Crippen MR) is 141 cm³/mol. The maximum atomic E-state index is 12.8. The Morgan fingerprint density at radius 1 is 0.939 bits per heavy atom. The van der Waals surface area contributed by atoms with Gasteiger partial charge in [-0.2, -0.15) is 0 Å². The minimum atomic E-state index is -0.107. The van der Waals surface area contributed by atoms with Crippen molar-refractivity contribution in [1.29, 1.82) is 0 Å². The van der Waals surface area contributed by atoms with Crippen molar-refractivity contribution >= 4 is 39.6 Å². The number of benzene rings is 1. The summed E-state index contributed by atoms with van der Waals surface area (Å²) in [4.78, 5) is 24.8. The molecule has 1 amide bonds. The number of allylic oxidation sites excluding steroid dienone is 5. The van der Waals surface area contributed by atoms with E-state index in [2.05, 4.69) is 29.6 Å². The van der Waals surface area contributed by atoms with E-state index in [9.17, 15) is 4.79 Å². The van der Waals surface area contributed by atoms with Gasteiger partial charge in [-0.25, -0.2) is 9.97 Å². The highest BCUT2D eigenvalue weighted by molar-refractivity contribution is 7.14. The summed E-state index contributed by atoms with van der Waals surface area (Å²) in [5, 5.41) is 7.10. The Morgan fingerprint density at radius 2 is 1.64 bits per heavy atom. The fraction of sp³-hybridized carbons (Fsp3) is 0.148. The van der Waals surface area contributed by atoms with Crippen LogP contribution in [-0.4, -0.2) is 22.4 Å². The summed E-state index contributed by atoms with van der Waals surface area (Å²) in [6.07, 6.45) is 10.9. The molecule has 33 heavy (non-hydrogen) atoms. The van der Waals surface area contributed by atoms with Crippen LogP contribution in [0.15, 0.2) is 89.2 Å². The number of rotatable bonds is 8. The lowest BCUT2D eigenvalue weighted by Gasteiger charge is -2.09. The van der Waals surface area contributed by atoms with Gasteiger partial charge in [0.15, 0.2) is 0 Å². The van der Waals surface area contributed by atoms with Gasteiger partial charge in [0.25, 0.3) is 5.91 Å². The van der Waals surface area contributed by atoms with Gasteiger partial charge in [0.05, 0.1) is 20.8 Å². The first-order valence-corrected chi connectivity index (χ1v) is 12.6. The molecule has 1 N–H and O–H groups in total. The molecule has 0 atom stereocenters. The topological polar surface area (TPSA) is 54.9 Å². The molecule has 3 aromatic heterocycles. The summed E-state index contributed by atoms with van der Waals surface area (Å²) in [6.45, 7) is 4.54. The van der Waals surface area contributed by atoms with E-state index >= 15 is 0 Å². The first kappa shape index (κ1) is 22.8. The third-order valence-corrected chi connectivity index (χ3v) is 6.77. The number of nitrogens with one attached hydrogen (secondary N) is 1. The first-order chi connectivity index (χ1) is 16.2. The monoisotopic (exact) mass is 471 g/mol. The van der Waals surface area contributed by atoms with E-state index in [1.807, 2.05) is 73.2 Å². The summed E-state index contributed by atoms with van der Waals surface area (Å²) < 4.78 is 0. The number of fused-ring (bicyclic) bond motifs is 1. The van der Waals surface area contributed by atoms with E-state index in [-0.39, 0.29) is 5.91 Å². The molecule has 0 radical (unpaired) electrons. The van der Waals surface area contributed by atoms with Crippen molar-refractivity contribution in [2.24, 2.45) is 0 Å². The van der Waals surface area contributed by atoms with Crippen LogP contribution in [0, 0.1) is 0 Å². The molecule has 0 saturated heterocycles. The Morgan fingerprint density at radius 3 is 2.24 bits per heavy atom. The fourth-order valence-corrected chi connectivity index (χ4v) is 4.87. The van der Waals surface area contributed by atoms with E-state index < -0.39 is 0 Å². The first-order valence-electron chi connectivity index (χ1n) is 10.8. The molecule has 4 rings (SSSR count). The summed E-state index contributed by atoms with van der Waals surface area (Å²) in [6, 6.07) is 13.7. The summed E-state index contributed by atoms with van der Waals surface area (Å²) in [5.74, 6) is -0.107. The second-order valence-electron chi connectivity index (χ2n) is 7.35. The van der Waals surface area contributed by atoms with Crippen LogP contribution in [0.3, 0.4) is 0 Å². The van der Waals surface area contributed by atoms with Crippen molar-refractivity contribution in [3.8, 4) is 21.1 Å². The lowest BCUT2D eigenvalue weighted by Crippen LogP contribution is -2.24. The number of carbonyl (C=O) groups excluding carboxylic acids is 1. The Labute approximate surface area is 202 Å². The van der Waals surface area contributed by atoms with Crippen molar-refractivity contribution in [3.63, 3.8) is 0 Å². The maximum absolute atomic E-state index is 12.8. The van der Waals surface area contributed by atoms with Crippen LogP contribution in [-0.2, 0) is 0 Å². The molecule has 4 nitrogen and oxygen atoms in total. The quantitative estimate of drug-likeness (QED) is 0.275. The minimum Gasteiger partial charge on any atom is -0.352 e. The van der Waals surface area contributed by atoms with Crippen molar-refractivity contribution in [3.05, 3.63) is 94.7 Å². The van der Waals surface area contributed by atoms with Crippen LogP contribution in [0.4, 0.5) is 0 Å². The van der Waals surface area contributed by atoms with Crippen molar-refractivity contribution in [1.82, 2.24) is 15.3 Å². The highest BCUT2D eigenvalue weighted by Crippen LogP contribution is 2.35. The molecule has 0 unspecified atom stereocenters. The van der Waals surface area contributed by atoms with Crippen LogP contribution in [0.25, 0.3) is 32.2 Å². The Kier molecular flexibility index (Phi) is 7.60. The molecule has 166 valence electrons. The molecule has 3 heterocycles. The Balaban J connectivity index is 1.59. The highest BCUT2D eigenvalue weighted by atomic mass is 32.1. The Bertz CT molecular complexity index is 1320. The fourth-order valence-electron chi connectivity index (χ4n) is 3.44. The van der Waals surface area contributed by atoms with E-state index in [1.165, 1.54) is 5.57 Å². The molecule has 4 aromatic rings. The number of hydrogen-bond donors (Lipinski definition) is 1. The number of amides is 1. The van der Waals surface area contributed by atoms with Gasteiger partial charge in [-0.05, 0) is 66.9 Å². The molecular weight excluding hydrogens is 446 g/mol. The molecule has 0 fully saturated rings. The molecule has 0 aliphatic heterocycles. The van der Waals surface area contributed by atoms with E-state index in [1.54, 1.807) is 22.7 Å². The highest BCUT2D eigenvalue weighted by Gasteiger charge is 2.16. The lowest BCUT2D eigenvalue weighted by molar-refractivity contribution is 0.0954. The van der Waals surface area contributed by atoms with Gasteiger partial charge in [-0.15, -0.1) is 22.7 Å². The van der Waals surface area contributed by atoms with E-state index in [0.717, 1.165) is 33.1 Å². The van der Waals surface area contributed by atoms with Crippen LogP contribution >= 0.6 is 22.7 Å².